The van der Waals surface area contributed by atoms with Gasteiger partial charge < -0.3 is 15.1 Å². The molecule has 0 radical (unpaired) electrons. The molecule has 0 saturated carbocycles. The molecule has 0 bridgehead atoms. The second-order valence-electron chi connectivity index (χ2n) is 5.29. The van der Waals surface area contributed by atoms with E-state index >= 15 is 0 Å². The zero-order chi connectivity index (χ0) is 11.7. The van der Waals surface area contributed by atoms with Crippen molar-refractivity contribution in [1.82, 2.24) is 4.90 Å². The molecule has 0 aliphatic carbocycles. The van der Waals surface area contributed by atoms with Crippen molar-refractivity contribution >= 4 is 6.09 Å². The van der Waals surface area contributed by atoms with E-state index in [2.05, 4.69) is 0 Å². The lowest BCUT2D eigenvalue weighted by Crippen LogP contribution is -2.55. The first-order valence-corrected chi connectivity index (χ1v) is 5.46. The average Bonchev–Trinajstić information content (AvgIpc) is 2.48. The highest BCUT2D eigenvalue weighted by Gasteiger charge is 2.51. The first-order chi connectivity index (χ1) is 6.85. The third-order valence-electron chi connectivity index (χ3n) is 3.64. The standard InChI is InChI=1S/C11H21NO3/c1-10(2,3)11(6-8-13)5-4-7-12(11)9(14)15/h13H,4-8H2,1-3H3,(H,14,15). The molecular formula is C11H21NO3. The minimum atomic E-state index is -0.865. The third kappa shape index (κ3) is 1.95. The summed E-state index contributed by atoms with van der Waals surface area (Å²) in [7, 11) is 0. The van der Waals surface area contributed by atoms with Crippen molar-refractivity contribution in [1.29, 1.82) is 0 Å². The fraction of sp³-hybridized carbons (Fsp3) is 0.909. The topological polar surface area (TPSA) is 60.8 Å². The number of hydrogen-bond donors (Lipinski definition) is 2. The van der Waals surface area contributed by atoms with Crippen molar-refractivity contribution in [2.24, 2.45) is 5.41 Å². The zero-order valence-corrected chi connectivity index (χ0v) is 9.79. The van der Waals surface area contributed by atoms with Gasteiger partial charge in [-0.1, -0.05) is 20.8 Å². The van der Waals surface area contributed by atoms with Crippen LogP contribution in [-0.2, 0) is 0 Å². The second-order valence-corrected chi connectivity index (χ2v) is 5.29. The molecule has 2 N–H and O–H groups in total. The fourth-order valence-corrected chi connectivity index (χ4v) is 2.76. The van der Waals surface area contributed by atoms with Crippen molar-refractivity contribution in [3.05, 3.63) is 0 Å². The van der Waals surface area contributed by atoms with E-state index in [1.165, 1.54) is 4.90 Å². The van der Waals surface area contributed by atoms with E-state index in [-0.39, 0.29) is 12.0 Å². The number of aliphatic hydroxyl groups is 1. The molecule has 1 aliphatic rings. The Morgan fingerprint density at radius 2 is 2.07 bits per heavy atom. The molecule has 1 amide bonds. The molecule has 1 saturated heterocycles. The minimum Gasteiger partial charge on any atom is -0.465 e. The molecule has 0 aromatic heterocycles. The fourth-order valence-electron chi connectivity index (χ4n) is 2.76. The summed E-state index contributed by atoms with van der Waals surface area (Å²) < 4.78 is 0. The highest BCUT2D eigenvalue weighted by Crippen LogP contribution is 2.45. The highest BCUT2D eigenvalue weighted by atomic mass is 16.4. The molecule has 0 spiro atoms. The average molecular weight is 215 g/mol. The first-order valence-electron chi connectivity index (χ1n) is 5.46. The quantitative estimate of drug-likeness (QED) is 0.740. The molecule has 1 fully saturated rings. The van der Waals surface area contributed by atoms with E-state index in [1.807, 2.05) is 20.8 Å². The Morgan fingerprint density at radius 1 is 1.47 bits per heavy atom. The van der Waals surface area contributed by atoms with Crippen LogP contribution < -0.4 is 0 Å². The number of carboxylic acid groups (broad SMARTS) is 1. The number of hydrogen-bond acceptors (Lipinski definition) is 2. The van der Waals surface area contributed by atoms with Crippen molar-refractivity contribution in [2.75, 3.05) is 13.2 Å². The second kappa shape index (κ2) is 4.00. The third-order valence-corrected chi connectivity index (χ3v) is 3.64. The molecule has 1 unspecified atom stereocenters. The number of likely N-dealkylation sites (tertiary alicyclic amines) is 1. The lowest BCUT2D eigenvalue weighted by atomic mass is 9.70. The van der Waals surface area contributed by atoms with Gasteiger partial charge in [0, 0.05) is 13.2 Å². The summed E-state index contributed by atoms with van der Waals surface area (Å²) in [6.07, 6.45) is 1.41. The van der Waals surface area contributed by atoms with Crippen LogP contribution in [0, 0.1) is 5.41 Å². The summed E-state index contributed by atoms with van der Waals surface area (Å²) in [6, 6.07) is 0. The molecule has 0 aromatic carbocycles. The van der Waals surface area contributed by atoms with Gasteiger partial charge in [-0.3, -0.25) is 0 Å². The normalized spacial score (nSPS) is 27.1. The molecule has 1 heterocycles. The van der Waals surface area contributed by atoms with Crippen molar-refractivity contribution in [3.8, 4) is 0 Å². The lowest BCUT2D eigenvalue weighted by molar-refractivity contribution is 0.0127. The largest absolute Gasteiger partial charge is 0.465 e. The number of aliphatic hydroxyl groups excluding tert-OH is 1. The number of rotatable bonds is 2. The Bertz CT molecular complexity index is 247. The zero-order valence-electron chi connectivity index (χ0n) is 9.79. The Labute approximate surface area is 90.9 Å². The Balaban J connectivity index is 3.04. The maximum atomic E-state index is 11.2. The van der Waals surface area contributed by atoms with Gasteiger partial charge in [0.15, 0.2) is 0 Å². The SMILES string of the molecule is CC(C)(C)C1(CCO)CCCN1C(=O)O. The van der Waals surface area contributed by atoms with Crippen LogP contribution in [0.1, 0.15) is 40.0 Å². The first kappa shape index (κ1) is 12.3. The maximum absolute atomic E-state index is 11.2. The summed E-state index contributed by atoms with van der Waals surface area (Å²) in [4.78, 5) is 12.7. The van der Waals surface area contributed by atoms with E-state index in [4.69, 9.17) is 5.11 Å². The summed E-state index contributed by atoms with van der Waals surface area (Å²) in [6.45, 7) is 6.77. The van der Waals surface area contributed by atoms with Crippen LogP contribution in [0.2, 0.25) is 0 Å². The van der Waals surface area contributed by atoms with Crippen LogP contribution >= 0.6 is 0 Å². The molecule has 4 heteroatoms. The van der Waals surface area contributed by atoms with Gasteiger partial charge in [0.1, 0.15) is 0 Å². The van der Waals surface area contributed by atoms with Gasteiger partial charge in [0.2, 0.25) is 0 Å². The molecule has 1 aliphatic heterocycles. The molecular weight excluding hydrogens is 194 g/mol. The molecule has 1 rings (SSSR count). The van der Waals surface area contributed by atoms with Gasteiger partial charge in [-0.15, -0.1) is 0 Å². The highest BCUT2D eigenvalue weighted by molar-refractivity contribution is 5.67. The van der Waals surface area contributed by atoms with Crippen molar-refractivity contribution in [3.63, 3.8) is 0 Å². The Kier molecular flexibility index (Phi) is 3.28. The van der Waals surface area contributed by atoms with Gasteiger partial charge in [-0.25, -0.2) is 4.79 Å². The van der Waals surface area contributed by atoms with Gasteiger partial charge >= 0.3 is 6.09 Å². The van der Waals surface area contributed by atoms with E-state index in [0.29, 0.717) is 13.0 Å². The van der Waals surface area contributed by atoms with Crippen LogP contribution in [0.4, 0.5) is 4.79 Å². The molecule has 4 nitrogen and oxygen atoms in total. The number of carbonyl (C=O) groups is 1. The molecule has 15 heavy (non-hydrogen) atoms. The molecule has 88 valence electrons. The van der Waals surface area contributed by atoms with Gasteiger partial charge in [0.25, 0.3) is 0 Å². The van der Waals surface area contributed by atoms with Crippen LogP contribution in [0.25, 0.3) is 0 Å². The van der Waals surface area contributed by atoms with Gasteiger partial charge in [-0.2, -0.15) is 0 Å². The Morgan fingerprint density at radius 3 is 2.47 bits per heavy atom. The number of nitrogens with zero attached hydrogens (tertiary/aromatic N) is 1. The van der Waals surface area contributed by atoms with E-state index in [9.17, 15) is 9.90 Å². The summed E-state index contributed by atoms with van der Waals surface area (Å²) >= 11 is 0. The van der Waals surface area contributed by atoms with Gasteiger partial charge in [-0.05, 0) is 24.7 Å². The molecule has 0 aromatic rings. The van der Waals surface area contributed by atoms with Crippen molar-refractivity contribution < 1.29 is 15.0 Å². The Hall–Kier alpha value is -0.770. The van der Waals surface area contributed by atoms with E-state index in [0.717, 1.165) is 12.8 Å². The van der Waals surface area contributed by atoms with Crippen LogP contribution in [0.5, 0.6) is 0 Å². The van der Waals surface area contributed by atoms with Crippen LogP contribution in [0.3, 0.4) is 0 Å². The van der Waals surface area contributed by atoms with Crippen molar-refractivity contribution in [2.45, 2.75) is 45.6 Å². The summed E-state index contributed by atoms with van der Waals surface area (Å²) in [5, 5.41) is 18.3. The smallest absolute Gasteiger partial charge is 0.407 e. The monoisotopic (exact) mass is 215 g/mol. The lowest BCUT2D eigenvalue weighted by Gasteiger charge is -2.47. The summed E-state index contributed by atoms with van der Waals surface area (Å²) in [5.74, 6) is 0. The van der Waals surface area contributed by atoms with E-state index in [1.54, 1.807) is 0 Å². The predicted molar refractivity (Wildman–Crippen MR) is 57.9 cm³/mol. The summed E-state index contributed by atoms with van der Waals surface area (Å²) in [5.41, 5.74) is -0.530. The maximum Gasteiger partial charge on any atom is 0.407 e. The molecule has 1 atom stereocenters. The number of amides is 1. The van der Waals surface area contributed by atoms with Crippen LogP contribution in [0.15, 0.2) is 0 Å². The minimum absolute atomic E-state index is 0.0427. The van der Waals surface area contributed by atoms with Crippen LogP contribution in [-0.4, -0.2) is 39.9 Å². The van der Waals surface area contributed by atoms with Gasteiger partial charge in [0.05, 0.1) is 5.54 Å². The van der Waals surface area contributed by atoms with E-state index < -0.39 is 11.6 Å². The predicted octanol–water partition coefficient (Wildman–Crippen LogP) is 1.93.